The molecule has 0 saturated heterocycles. The number of ether oxygens (including phenoxy) is 2. The van der Waals surface area contributed by atoms with Gasteiger partial charge in [-0.25, -0.2) is 9.59 Å². The predicted octanol–water partition coefficient (Wildman–Crippen LogP) is 2.91. The van der Waals surface area contributed by atoms with Crippen LogP contribution in [0.4, 0.5) is 4.79 Å². The minimum atomic E-state index is -1.50. The first-order valence-corrected chi connectivity index (χ1v) is 10.5. The molecule has 32 heavy (non-hydrogen) atoms. The summed E-state index contributed by atoms with van der Waals surface area (Å²) in [7, 11) is 1.39. The van der Waals surface area contributed by atoms with Gasteiger partial charge in [-0.3, -0.25) is 4.79 Å². The van der Waals surface area contributed by atoms with Gasteiger partial charge in [0, 0.05) is 13.0 Å². The summed E-state index contributed by atoms with van der Waals surface area (Å²) in [6.07, 6.45) is -0.584. The zero-order valence-corrected chi connectivity index (χ0v) is 18.4. The number of fused-ring (bicyclic) bond motifs is 3. The van der Waals surface area contributed by atoms with Crippen molar-refractivity contribution >= 4 is 18.0 Å². The van der Waals surface area contributed by atoms with Gasteiger partial charge in [-0.05, 0) is 35.6 Å². The minimum Gasteiger partial charge on any atom is -0.480 e. The van der Waals surface area contributed by atoms with Crippen LogP contribution in [0.2, 0.25) is 0 Å². The number of hydrogen-bond donors (Lipinski definition) is 3. The molecule has 2 aromatic carbocycles. The molecule has 0 aliphatic heterocycles. The van der Waals surface area contributed by atoms with Crippen molar-refractivity contribution in [2.24, 2.45) is 0 Å². The molecule has 170 valence electrons. The molecule has 0 bridgehead atoms. The van der Waals surface area contributed by atoms with Gasteiger partial charge in [0.05, 0.1) is 6.61 Å². The third-order valence-corrected chi connectivity index (χ3v) is 5.67. The van der Waals surface area contributed by atoms with E-state index in [9.17, 15) is 19.5 Å². The Morgan fingerprint density at radius 1 is 1.06 bits per heavy atom. The summed E-state index contributed by atoms with van der Waals surface area (Å²) in [4.78, 5) is 36.6. The summed E-state index contributed by atoms with van der Waals surface area (Å²) in [5.74, 6) is -1.93. The van der Waals surface area contributed by atoms with Crippen molar-refractivity contribution in [3.63, 3.8) is 0 Å². The number of carbonyl (C=O) groups excluding carboxylic acids is 2. The molecule has 0 spiro atoms. The van der Waals surface area contributed by atoms with Gasteiger partial charge in [0.25, 0.3) is 0 Å². The third kappa shape index (κ3) is 4.75. The summed E-state index contributed by atoms with van der Waals surface area (Å²) in [5.41, 5.74) is 2.87. The normalized spacial score (nSPS) is 15.1. The molecular weight excluding hydrogens is 412 g/mol. The van der Waals surface area contributed by atoms with Gasteiger partial charge in [-0.1, -0.05) is 55.5 Å². The molecule has 0 radical (unpaired) electrons. The van der Waals surface area contributed by atoms with Crippen LogP contribution >= 0.6 is 0 Å². The molecule has 1 aliphatic rings. The number of rotatable bonds is 9. The van der Waals surface area contributed by atoms with E-state index in [0.29, 0.717) is 0 Å². The van der Waals surface area contributed by atoms with E-state index in [-0.39, 0.29) is 25.6 Å². The van der Waals surface area contributed by atoms with Crippen LogP contribution in [0.3, 0.4) is 0 Å². The number of methoxy groups -OCH3 is 1. The van der Waals surface area contributed by atoms with Crippen molar-refractivity contribution in [2.75, 3.05) is 20.3 Å². The molecule has 0 aromatic heterocycles. The number of hydrogen-bond acceptors (Lipinski definition) is 5. The van der Waals surface area contributed by atoms with Crippen LogP contribution in [-0.2, 0) is 19.1 Å². The van der Waals surface area contributed by atoms with E-state index >= 15 is 0 Å². The number of nitrogens with one attached hydrogen (secondary N) is 2. The maximum atomic E-state index is 12.7. The SMILES string of the molecule is CC[C@H](NC(=O)C(C)(COC)NC(=O)OCC1c2ccccc2-c2ccccc21)C(=O)O. The van der Waals surface area contributed by atoms with Gasteiger partial charge in [0.2, 0.25) is 5.91 Å². The fourth-order valence-corrected chi connectivity index (χ4v) is 3.96. The van der Waals surface area contributed by atoms with Crippen molar-refractivity contribution in [3.05, 3.63) is 59.7 Å². The highest BCUT2D eigenvalue weighted by atomic mass is 16.5. The van der Waals surface area contributed by atoms with Crippen molar-refractivity contribution in [1.29, 1.82) is 0 Å². The summed E-state index contributed by atoms with van der Waals surface area (Å²) < 4.78 is 10.6. The van der Waals surface area contributed by atoms with Crippen molar-refractivity contribution < 1.29 is 29.0 Å². The molecule has 0 saturated carbocycles. The van der Waals surface area contributed by atoms with Crippen LogP contribution in [0.5, 0.6) is 0 Å². The molecular formula is C24H28N2O6. The maximum absolute atomic E-state index is 12.7. The first kappa shape index (κ1) is 23.3. The summed E-state index contributed by atoms with van der Waals surface area (Å²) in [6, 6.07) is 14.9. The van der Waals surface area contributed by atoms with Gasteiger partial charge in [0.15, 0.2) is 0 Å². The molecule has 2 amide bonds. The van der Waals surface area contributed by atoms with E-state index in [4.69, 9.17) is 9.47 Å². The van der Waals surface area contributed by atoms with Crippen molar-refractivity contribution in [3.8, 4) is 11.1 Å². The topological polar surface area (TPSA) is 114 Å². The van der Waals surface area contributed by atoms with Gasteiger partial charge in [0.1, 0.15) is 18.2 Å². The van der Waals surface area contributed by atoms with Crippen LogP contribution in [0, 0.1) is 0 Å². The summed E-state index contributed by atoms with van der Waals surface area (Å²) in [5, 5.41) is 14.2. The van der Waals surface area contributed by atoms with Crippen molar-refractivity contribution in [1.82, 2.24) is 10.6 Å². The molecule has 2 atom stereocenters. The lowest BCUT2D eigenvalue weighted by Crippen LogP contribution is -2.61. The standard InChI is InChI=1S/C24H28N2O6/c1-4-20(21(27)28)25-22(29)24(2,14-31-3)26-23(30)32-13-19-17-11-7-5-9-15(17)16-10-6-8-12-18(16)19/h5-12,19-20H,4,13-14H2,1-3H3,(H,25,29)(H,26,30)(H,27,28)/t20-,24?/m0/s1. The molecule has 0 fully saturated rings. The highest BCUT2D eigenvalue weighted by Gasteiger charge is 2.38. The van der Waals surface area contributed by atoms with Gasteiger partial charge in [-0.2, -0.15) is 0 Å². The molecule has 1 unspecified atom stereocenters. The Labute approximate surface area is 186 Å². The number of alkyl carbamates (subject to hydrolysis) is 1. The van der Waals surface area contributed by atoms with E-state index in [1.165, 1.54) is 14.0 Å². The minimum absolute atomic E-state index is 0.0945. The molecule has 8 nitrogen and oxygen atoms in total. The summed E-state index contributed by atoms with van der Waals surface area (Å²) in [6.45, 7) is 3.05. The number of aliphatic carboxylic acids is 1. The second-order valence-electron chi connectivity index (χ2n) is 7.99. The zero-order valence-electron chi connectivity index (χ0n) is 18.4. The van der Waals surface area contributed by atoms with E-state index < -0.39 is 29.6 Å². The fraction of sp³-hybridized carbons (Fsp3) is 0.375. The van der Waals surface area contributed by atoms with Crippen molar-refractivity contribution in [2.45, 2.75) is 37.8 Å². The Bertz CT molecular complexity index is 962. The average molecular weight is 440 g/mol. The lowest BCUT2D eigenvalue weighted by molar-refractivity contribution is -0.143. The lowest BCUT2D eigenvalue weighted by Gasteiger charge is -2.29. The Morgan fingerprint density at radius 3 is 2.12 bits per heavy atom. The fourth-order valence-electron chi connectivity index (χ4n) is 3.96. The van der Waals surface area contributed by atoms with E-state index in [2.05, 4.69) is 10.6 Å². The average Bonchev–Trinajstić information content (AvgIpc) is 3.09. The molecule has 3 N–H and O–H groups in total. The first-order valence-electron chi connectivity index (χ1n) is 10.5. The second-order valence-corrected chi connectivity index (χ2v) is 7.99. The molecule has 1 aliphatic carbocycles. The lowest BCUT2D eigenvalue weighted by atomic mass is 9.98. The molecule has 3 rings (SSSR count). The number of amides is 2. The van der Waals surface area contributed by atoms with E-state index in [1.807, 2.05) is 48.5 Å². The van der Waals surface area contributed by atoms with Crippen LogP contribution in [0.15, 0.2) is 48.5 Å². The monoisotopic (exact) mass is 440 g/mol. The molecule has 8 heteroatoms. The predicted molar refractivity (Wildman–Crippen MR) is 118 cm³/mol. The van der Waals surface area contributed by atoms with Crippen LogP contribution < -0.4 is 10.6 Å². The van der Waals surface area contributed by atoms with Gasteiger partial charge in [-0.15, -0.1) is 0 Å². The quantitative estimate of drug-likeness (QED) is 0.553. The Morgan fingerprint density at radius 2 is 1.62 bits per heavy atom. The number of benzene rings is 2. The van der Waals surface area contributed by atoms with Gasteiger partial charge >= 0.3 is 12.1 Å². The van der Waals surface area contributed by atoms with E-state index in [0.717, 1.165) is 22.3 Å². The molecule has 2 aromatic rings. The maximum Gasteiger partial charge on any atom is 0.408 e. The van der Waals surface area contributed by atoms with Crippen LogP contribution in [0.25, 0.3) is 11.1 Å². The Balaban J connectivity index is 1.70. The number of carbonyl (C=O) groups is 3. The zero-order chi connectivity index (χ0) is 23.3. The van der Waals surface area contributed by atoms with Crippen LogP contribution in [-0.4, -0.2) is 55.0 Å². The summed E-state index contributed by atoms with van der Waals surface area (Å²) >= 11 is 0. The number of carboxylic acids is 1. The van der Waals surface area contributed by atoms with Crippen LogP contribution in [0.1, 0.15) is 37.3 Å². The third-order valence-electron chi connectivity index (χ3n) is 5.67. The highest BCUT2D eigenvalue weighted by Crippen LogP contribution is 2.44. The second kappa shape index (κ2) is 9.82. The Hall–Kier alpha value is -3.39. The highest BCUT2D eigenvalue weighted by molar-refractivity contribution is 5.92. The number of carboxylic acid groups (broad SMARTS) is 1. The smallest absolute Gasteiger partial charge is 0.408 e. The Kier molecular flexibility index (Phi) is 7.15. The van der Waals surface area contributed by atoms with Gasteiger partial charge < -0.3 is 25.2 Å². The van der Waals surface area contributed by atoms with E-state index in [1.54, 1.807) is 6.92 Å². The largest absolute Gasteiger partial charge is 0.480 e. The molecule has 0 heterocycles. The first-order chi connectivity index (χ1) is 15.3.